The SMILES string of the molecule is C[C@H](c1ccccc1)[N+]1=CC(Br)(C(N)=O)CCC1. The molecule has 2 atom stereocenters. The third-order valence-electron chi connectivity index (χ3n) is 3.52. The lowest BCUT2D eigenvalue weighted by Gasteiger charge is -2.24. The van der Waals surface area contributed by atoms with Crippen LogP contribution in [0.4, 0.5) is 0 Å². The first-order chi connectivity index (χ1) is 8.53. The molecule has 0 aromatic heterocycles. The van der Waals surface area contributed by atoms with Gasteiger partial charge < -0.3 is 5.73 Å². The van der Waals surface area contributed by atoms with Crippen molar-refractivity contribution in [2.75, 3.05) is 6.54 Å². The second kappa shape index (κ2) is 5.22. The first-order valence-electron chi connectivity index (χ1n) is 6.18. The number of rotatable bonds is 3. The first-order valence-corrected chi connectivity index (χ1v) is 6.98. The third-order valence-corrected chi connectivity index (χ3v) is 4.51. The van der Waals surface area contributed by atoms with Gasteiger partial charge in [0, 0.05) is 18.9 Å². The fourth-order valence-electron chi connectivity index (χ4n) is 2.33. The van der Waals surface area contributed by atoms with Crippen molar-refractivity contribution in [2.24, 2.45) is 5.73 Å². The summed E-state index contributed by atoms with van der Waals surface area (Å²) >= 11 is 3.47. The lowest BCUT2D eigenvalue weighted by Crippen LogP contribution is -2.46. The number of nitrogens with two attached hydrogens (primary N) is 1. The van der Waals surface area contributed by atoms with Gasteiger partial charge in [-0.1, -0.05) is 46.3 Å². The van der Waals surface area contributed by atoms with Crippen molar-refractivity contribution in [1.29, 1.82) is 0 Å². The van der Waals surface area contributed by atoms with Gasteiger partial charge >= 0.3 is 0 Å². The van der Waals surface area contributed by atoms with Gasteiger partial charge in [0.25, 0.3) is 0 Å². The van der Waals surface area contributed by atoms with Gasteiger partial charge in [-0.25, -0.2) is 4.58 Å². The smallest absolute Gasteiger partial charge is 0.244 e. The second-order valence-corrected chi connectivity index (χ2v) is 6.20. The van der Waals surface area contributed by atoms with Crippen molar-refractivity contribution < 1.29 is 9.37 Å². The molecule has 0 spiro atoms. The molecule has 0 saturated heterocycles. The van der Waals surface area contributed by atoms with E-state index >= 15 is 0 Å². The molecule has 0 radical (unpaired) electrons. The quantitative estimate of drug-likeness (QED) is 0.675. The number of carbonyl (C=O) groups is 1. The van der Waals surface area contributed by atoms with Crippen molar-refractivity contribution >= 4 is 28.1 Å². The van der Waals surface area contributed by atoms with E-state index in [1.165, 1.54) is 5.56 Å². The van der Waals surface area contributed by atoms with Crippen LogP contribution in [0.25, 0.3) is 0 Å². The van der Waals surface area contributed by atoms with E-state index in [1.54, 1.807) is 0 Å². The highest BCUT2D eigenvalue weighted by Gasteiger charge is 2.40. The van der Waals surface area contributed by atoms with E-state index < -0.39 is 4.32 Å². The Bertz CT molecular complexity index is 472. The zero-order chi connectivity index (χ0) is 13.2. The first kappa shape index (κ1) is 13.3. The van der Waals surface area contributed by atoms with Gasteiger partial charge in [-0.05, 0) is 6.42 Å². The second-order valence-electron chi connectivity index (χ2n) is 4.78. The zero-order valence-electron chi connectivity index (χ0n) is 10.5. The number of hydrogen-bond acceptors (Lipinski definition) is 1. The Labute approximate surface area is 116 Å². The van der Waals surface area contributed by atoms with E-state index in [1.807, 2.05) is 24.4 Å². The number of carbonyl (C=O) groups excluding carboxylic acids is 1. The number of amides is 1. The predicted molar refractivity (Wildman–Crippen MR) is 76.1 cm³/mol. The largest absolute Gasteiger partial charge is 0.368 e. The Morgan fingerprint density at radius 3 is 2.72 bits per heavy atom. The van der Waals surface area contributed by atoms with E-state index in [9.17, 15) is 4.79 Å². The fourth-order valence-corrected chi connectivity index (χ4v) is 2.87. The highest BCUT2D eigenvalue weighted by molar-refractivity contribution is 9.10. The highest BCUT2D eigenvalue weighted by Crippen LogP contribution is 2.28. The summed E-state index contributed by atoms with van der Waals surface area (Å²) in [6.45, 7) is 3.10. The van der Waals surface area contributed by atoms with Gasteiger partial charge in [0.15, 0.2) is 16.6 Å². The molecule has 1 aliphatic heterocycles. The van der Waals surface area contributed by atoms with Gasteiger partial charge in [-0.2, -0.15) is 0 Å². The average Bonchev–Trinajstić information content (AvgIpc) is 2.39. The number of halogens is 1. The maximum atomic E-state index is 11.5. The van der Waals surface area contributed by atoms with Gasteiger partial charge in [-0.15, -0.1) is 0 Å². The lowest BCUT2D eigenvalue weighted by molar-refractivity contribution is -0.569. The Morgan fingerprint density at radius 2 is 2.11 bits per heavy atom. The molecule has 4 heteroatoms. The molecule has 1 aromatic rings. The summed E-state index contributed by atoms with van der Waals surface area (Å²) < 4.78 is 1.51. The topological polar surface area (TPSA) is 46.1 Å². The van der Waals surface area contributed by atoms with Gasteiger partial charge in [0.2, 0.25) is 5.91 Å². The predicted octanol–water partition coefficient (Wildman–Crippen LogP) is 2.24. The zero-order valence-corrected chi connectivity index (χ0v) is 12.1. The van der Waals surface area contributed by atoms with Crippen LogP contribution in [0.2, 0.25) is 0 Å². The standard InChI is InChI=1S/C14H17BrN2O/c1-11(12-6-3-2-4-7-12)17-9-5-8-14(15,10-17)13(16)18/h2-4,6-7,10-11H,5,8-9H2,1H3,(H-,16,18)/p+1/t11-,14?/m1/s1. The van der Waals surface area contributed by atoms with Crippen LogP contribution in [0, 0.1) is 0 Å². The number of hydrogen-bond donors (Lipinski definition) is 1. The van der Waals surface area contributed by atoms with Gasteiger partial charge in [-0.3, -0.25) is 4.79 Å². The maximum absolute atomic E-state index is 11.5. The molecule has 2 rings (SSSR count). The normalized spacial score (nSPS) is 25.3. The van der Waals surface area contributed by atoms with Crippen LogP contribution in [0.5, 0.6) is 0 Å². The molecule has 0 bridgehead atoms. The van der Waals surface area contributed by atoms with Crippen molar-refractivity contribution in [3.63, 3.8) is 0 Å². The van der Waals surface area contributed by atoms with Crippen LogP contribution in [0.3, 0.4) is 0 Å². The van der Waals surface area contributed by atoms with Crippen LogP contribution >= 0.6 is 15.9 Å². The van der Waals surface area contributed by atoms with Gasteiger partial charge in [0.1, 0.15) is 6.54 Å². The molecule has 1 unspecified atom stereocenters. The van der Waals surface area contributed by atoms with Gasteiger partial charge in [0.05, 0.1) is 0 Å². The van der Waals surface area contributed by atoms with Crippen molar-refractivity contribution in [3.05, 3.63) is 35.9 Å². The van der Waals surface area contributed by atoms with E-state index in [0.717, 1.165) is 19.4 Å². The Hall–Kier alpha value is -1.16. The molecular formula is C14H18BrN2O+. The van der Waals surface area contributed by atoms with Crippen LogP contribution in [-0.2, 0) is 4.79 Å². The molecule has 96 valence electrons. The van der Waals surface area contributed by atoms with Crippen LogP contribution in [-0.4, -0.2) is 27.6 Å². The molecule has 1 aliphatic rings. The summed E-state index contributed by atoms with van der Waals surface area (Å²) in [6.07, 6.45) is 3.67. The van der Waals surface area contributed by atoms with E-state index in [2.05, 4.69) is 39.6 Å². The Kier molecular flexibility index (Phi) is 3.85. The number of alkyl halides is 1. The van der Waals surface area contributed by atoms with E-state index in [4.69, 9.17) is 5.73 Å². The van der Waals surface area contributed by atoms with Crippen molar-refractivity contribution in [2.45, 2.75) is 30.1 Å². The molecule has 0 saturated carbocycles. The molecular weight excluding hydrogens is 292 g/mol. The third kappa shape index (κ3) is 2.64. The molecule has 1 aromatic carbocycles. The molecule has 1 heterocycles. The number of benzene rings is 1. The summed E-state index contributed by atoms with van der Waals surface area (Å²) in [4.78, 5) is 11.5. The molecule has 0 aliphatic carbocycles. The summed E-state index contributed by atoms with van der Waals surface area (Å²) in [7, 11) is 0. The summed E-state index contributed by atoms with van der Waals surface area (Å²) in [5.74, 6) is -0.313. The number of nitrogens with zero attached hydrogens (tertiary/aromatic N) is 1. The van der Waals surface area contributed by atoms with Crippen LogP contribution in [0.15, 0.2) is 30.3 Å². The monoisotopic (exact) mass is 309 g/mol. The summed E-state index contributed by atoms with van der Waals surface area (Å²) in [5.41, 5.74) is 6.70. The minimum Gasteiger partial charge on any atom is -0.368 e. The van der Waals surface area contributed by atoms with Crippen molar-refractivity contribution in [3.8, 4) is 0 Å². The van der Waals surface area contributed by atoms with Crippen LogP contribution in [0.1, 0.15) is 31.4 Å². The maximum Gasteiger partial charge on any atom is 0.244 e. The molecule has 18 heavy (non-hydrogen) atoms. The molecule has 0 fully saturated rings. The summed E-state index contributed by atoms with van der Waals surface area (Å²) in [5, 5.41) is 0. The minimum absolute atomic E-state index is 0.253. The molecule has 2 N–H and O–H groups in total. The highest BCUT2D eigenvalue weighted by atomic mass is 79.9. The molecule has 3 nitrogen and oxygen atoms in total. The Morgan fingerprint density at radius 1 is 1.44 bits per heavy atom. The fraction of sp³-hybridized carbons (Fsp3) is 0.429. The average molecular weight is 310 g/mol. The van der Waals surface area contributed by atoms with E-state index in [0.29, 0.717) is 0 Å². The minimum atomic E-state index is -0.686. The molecule has 1 amide bonds. The van der Waals surface area contributed by atoms with E-state index in [-0.39, 0.29) is 11.9 Å². The lowest BCUT2D eigenvalue weighted by atomic mass is 9.98. The number of primary amides is 1. The van der Waals surface area contributed by atoms with Crippen molar-refractivity contribution in [1.82, 2.24) is 0 Å². The summed E-state index contributed by atoms with van der Waals surface area (Å²) in [6, 6.07) is 10.5. The van der Waals surface area contributed by atoms with Crippen LogP contribution < -0.4 is 5.73 Å². The Balaban J connectivity index is 2.28.